The second-order valence-corrected chi connectivity index (χ2v) is 10.8. The molecule has 2 unspecified atom stereocenters. The van der Waals surface area contributed by atoms with Gasteiger partial charge in [-0.3, -0.25) is 0 Å². The van der Waals surface area contributed by atoms with Crippen molar-refractivity contribution in [2.24, 2.45) is 0 Å². The maximum atomic E-state index is 2.39. The van der Waals surface area contributed by atoms with Crippen LogP contribution in [0, 0.1) is 0 Å². The van der Waals surface area contributed by atoms with Crippen molar-refractivity contribution in [1.82, 2.24) is 0 Å². The van der Waals surface area contributed by atoms with Gasteiger partial charge in [0.2, 0.25) is 0 Å². The molecule has 0 amide bonds. The number of rotatable bonds is 2. The van der Waals surface area contributed by atoms with E-state index in [9.17, 15) is 0 Å². The quantitative estimate of drug-likeness (QED) is 0.229. The van der Waals surface area contributed by atoms with Gasteiger partial charge < -0.3 is 0 Å². The Morgan fingerprint density at radius 2 is 0.763 bits per heavy atom. The van der Waals surface area contributed by atoms with E-state index in [1.165, 1.54) is 66.1 Å². The number of hydrogen-bond donors (Lipinski definition) is 0. The van der Waals surface area contributed by atoms with Gasteiger partial charge in [0.25, 0.3) is 0 Å². The Hall–Kier alpha value is -4.42. The fourth-order valence-corrected chi connectivity index (χ4v) is 7.19. The first-order chi connectivity index (χ1) is 18.9. The van der Waals surface area contributed by atoms with E-state index in [4.69, 9.17) is 0 Å². The van der Waals surface area contributed by atoms with E-state index in [0.717, 1.165) is 12.8 Å². The lowest BCUT2D eigenvalue weighted by molar-refractivity contribution is 0.873. The monoisotopic (exact) mass is 484 g/mol. The molecule has 0 fully saturated rings. The smallest absolute Gasteiger partial charge is 0.0139 e. The fourth-order valence-electron chi connectivity index (χ4n) is 7.19. The molecule has 2 atom stereocenters. The van der Waals surface area contributed by atoms with E-state index in [1.807, 2.05) is 0 Å². The van der Waals surface area contributed by atoms with E-state index >= 15 is 0 Å². The molecule has 0 aromatic heterocycles. The molecule has 0 nitrogen and oxygen atoms in total. The van der Waals surface area contributed by atoms with Gasteiger partial charge in [0.05, 0.1) is 0 Å². The second kappa shape index (κ2) is 8.57. The molecule has 6 aromatic carbocycles. The molecule has 38 heavy (non-hydrogen) atoms. The van der Waals surface area contributed by atoms with Gasteiger partial charge in [0.15, 0.2) is 0 Å². The van der Waals surface area contributed by atoms with Gasteiger partial charge in [0.1, 0.15) is 0 Å². The summed E-state index contributed by atoms with van der Waals surface area (Å²) in [4.78, 5) is 0. The average molecular weight is 485 g/mol. The zero-order valence-corrected chi connectivity index (χ0v) is 21.3. The lowest BCUT2D eigenvalue weighted by Gasteiger charge is -2.23. The molecule has 2 aliphatic rings. The minimum atomic E-state index is 0.336. The van der Waals surface area contributed by atoms with Gasteiger partial charge >= 0.3 is 0 Å². The third kappa shape index (κ3) is 3.23. The Labute approximate surface area is 223 Å². The van der Waals surface area contributed by atoms with Crippen molar-refractivity contribution < 1.29 is 0 Å². The molecule has 0 saturated heterocycles. The second-order valence-electron chi connectivity index (χ2n) is 10.8. The van der Waals surface area contributed by atoms with Gasteiger partial charge in [-0.25, -0.2) is 0 Å². The lowest BCUT2D eigenvalue weighted by atomic mass is 9.80. The zero-order chi connectivity index (χ0) is 25.1. The number of allylic oxidation sites excluding steroid dienone is 2. The van der Waals surface area contributed by atoms with Gasteiger partial charge in [-0.05, 0) is 78.9 Å². The zero-order valence-electron chi connectivity index (χ0n) is 21.3. The molecule has 0 heteroatoms. The van der Waals surface area contributed by atoms with Crippen LogP contribution in [0.5, 0.6) is 0 Å². The van der Waals surface area contributed by atoms with Crippen LogP contribution in [0.3, 0.4) is 0 Å². The van der Waals surface area contributed by atoms with E-state index in [0.29, 0.717) is 11.8 Å². The molecule has 0 spiro atoms. The van der Waals surface area contributed by atoms with Crippen molar-refractivity contribution in [3.63, 3.8) is 0 Å². The Bertz CT molecular complexity index is 1720. The predicted octanol–water partition coefficient (Wildman–Crippen LogP) is 9.58. The predicted molar refractivity (Wildman–Crippen MR) is 160 cm³/mol. The topological polar surface area (TPSA) is 0 Å². The summed E-state index contributed by atoms with van der Waals surface area (Å²) in [6.07, 6.45) is 2.09. The van der Waals surface area contributed by atoms with E-state index in [1.54, 1.807) is 0 Å². The maximum absolute atomic E-state index is 2.39. The first-order valence-corrected chi connectivity index (χ1v) is 13.7. The molecule has 8 rings (SSSR count). The molecule has 0 bridgehead atoms. The van der Waals surface area contributed by atoms with Crippen LogP contribution in [0.25, 0.3) is 32.7 Å². The summed E-state index contributed by atoms with van der Waals surface area (Å²) in [7, 11) is 0. The molecular formula is C38H28. The van der Waals surface area contributed by atoms with Crippen LogP contribution in [-0.2, 0) is 12.8 Å². The summed E-state index contributed by atoms with van der Waals surface area (Å²) in [6.45, 7) is 0. The summed E-state index contributed by atoms with van der Waals surface area (Å²) in [6, 6.07) is 49.7. The van der Waals surface area contributed by atoms with Crippen molar-refractivity contribution in [2.75, 3.05) is 0 Å². The molecule has 0 N–H and O–H groups in total. The number of fused-ring (bicyclic) bond motifs is 6. The summed E-state index contributed by atoms with van der Waals surface area (Å²) >= 11 is 0. The Morgan fingerprint density at radius 1 is 0.368 bits per heavy atom. The Kier molecular flexibility index (Phi) is 4.88. The highest BCUT2D eigenvalue weighted by molar-refractivity contribution is 6.12. The van der Waals surface area contributed by atoms with Crippen LogP contribution in [0.4, 0.5) is 0 Å². The minimum Gasteiger partial charge on any atom is -0.0622 e. The molecule has 0 radical (unpaired) electrons. The van der Waals surface area contributed by atoms with Crippen LogP contribution in [0.1, 0.15) is 45.2 Å². The highest BCUT2D eigenvalue weighted by Gasteiger charge is 2.39. The van der Waals surface area contributed by atoms with Gasteiger partial charge in [-0.15, -0.1) is 0 Å². The van der Waals surface area contributed by atoms with Crippen LogP contribution < -0.4 is 0 Å². The maximum Gasteiger partial charge on any atom is 0.0139 e. The van der Waals surface area contributed by atoms with Gasteiger partial charge in [0, 0.05) is 11.8 Å². The van der Waals surface area contributed by atoms with Crippen molar-refractivity contribution in [1.29, 1.82) is 0 Å². The molecule has 0 aliphatic heterocycles. The van der Waals surface area contributed by atoms with E-state index in [-0.39, 0.29) is 0 Å². The van der Waals surface area contributed by atoms with Crippen LogP contribution in [-0.4, -0.2) is 0 Å². The Balaban J connectivity index is 1.54. The van der Waals surface area contributed by atoms with Crippen molar-refractivity contribution in [3.05, 3.63) is 167 Å². The van der Waals surface area contributed by atoms with E-state index in [2.05, 4.69) is 133 Å². The Morgan fingerprint density at radius 3 is 1.21 bits per heavy atom. The third-order valence-electron chi connectivity index (χ3n) is 8.81. The fraction of sp³-hybridized carbons (Fsp3) is 0.105. The third-order valence-corrected chi connectivity index (χ3v) is 8.81. The summed E-state index contributed by atoms with van der Waals surface area (Å²) < 4.78 is 0. The van der Waals surface area contributed by atoms with Gasteiger partial charge in [-0.1, -0.05) is 133 Å². The van der Waals surface area contributed by atoms with Crippen LogP contribution >= 0.6 is 0 Å². The summed E-state index contributed by atoms with van der Waals surface area (Å²) in [5.41, 5.74) is 11.8. The first-order valence-electron chi connectivity index (χ1n) is 13.7. The highest BCUT2D eigenvalue weighted by Crippen LogP contribution is 2.57. The first kappa shape index (κ1) is 21.6. The molecule has 180 valence electrons. The molecule has 0 saturated carbocycles. The number of benzene rings is 6. The SMILES string of the molecule is c1ccc(C2Cc3ccc4ccccc4c3/C2=C2\c3c(ccc4ccccc34)CC2c2ccccc2)cc1. The van der Waals surface area contributed by atoms with Gasteiger partial charge in [-0.2, -0.15) is 0 Å². The van der Waals surface area contributed by atoms with Crippen molar-refractivity contribution >= 4 is 32.7 Å². The van der Waals surface area contributed by atoms with Crippen LogP contribution in [0.15, 0.2) is 133 Å². The number of hydrogen-bond acceptors (Lipinski definition) is 0. The normalized spacial score (nSPS) is 20.1. The lowest BCUT2D eigenvalue weighted by Crippen LogP contribution is -2.05. The van der Waals surface area contributed by atoms with Crippen molar-refractivity contribution in [2.45, 2.75) is 24.7 Å². The largest absolute Gasteiger partial charge is 0.0622 e. The standard InChI is InChI=1S/C38H28/c1-3-11-25(12-4-1)33-23-29-21-19-27-15-7-9-17-31(27)35(29)37(33)38-34(26-13-5-2-6-14-26)24-30-22-20-28-16-8-10-18-32(28)36(30)38/h1-22,33-34H,23-24H2/b38-37-. The molecule has 2 aliphatic carbocycles. The highest BCUT2D eigenvalue weighted by atomic mass is 14.4. The van der Waals surface area contributed by atoms with E-state index < -0.39 is 0 Å². The summed E-state index contributed by atoms with van der Waals surface area (Å²) in [5, 5.41) is 5.41. The van der Waals surface area contributed by atoms with Crippen LogP contribution in [0.2, 0.25) is 0 Å². The summed E-state index contributed by atoms with van der Waals surface area (Å²) in [5.74, 6) is 0.672. The molecule has 6 aromatic rings. The van der Waals surface area contributed by atoms with Crippen molar-refractivity contribution in [3.8, 4) is 0 Å². The molecule has 0 heterocycles. The average Bonchev–Trinajstić information content (AvgIpc) is 3.57. The minimum absolute atomic E-state index is 0.336. The molecular weight excluding hydrogens is 456 g/mol.